The van der Waals surface area contributed by atoms with Crippen molar-refractivity contribution in [1.82, 2.24) is 0 Å². The van der Waals surface area contributed by atoms with Crippen LogP contribution >= 0.6 is 0 Å². The van der Waals surface area contributed by atoms with Gasteiger partial charge in [0.15, 0.2) is 0 Å². The van der Waals surface area contributed by atoms with E-state index in [0.29, 0.717) is 0 Å². The smallest absolute Gasteiger partial charge is 0.144 e. The summed E-state index contributed by atoms with van der Waals surface area (Å²) in [7, 11) is 0. The summed E-state index contributed by atoms with van der Waals surface area (Å²) in [5, 5.41) is 9.44. The van der Waals surface area contributed by atoms with Gasteiger partial charge in [-0.25, -0.2) is 0 Å². The number of carbonyl (C=O) groups is 1. The lowest BCUT2D eigenvalue weighted by Gasteiger charge is -2.20. The molecule has 0 aromatic heterocycles. The maximum absolute atomic E-state index is 11.7. The van der Waals surface area contributed by atoms with E-state index in [1.165, 1.54) is 0 Å². The molecule has 1 aliphatic carbocycles. The molecule has 70 valence electrons. The first kappa shape index (κ1) is 9.72. The largest absolute Gasteiger partial charge is 0.392 e. The van der Waals surface area contributed by atoms with Crippen molar-refractivity contribution in [3.05, 3.63) is 0 Å². The second-order valence-electron chi connectivity index (χ2n) is 4.01. The minimum atomic E-state index is -0.459. The molecule has 2 heteroatoms. The minimum absolute atomic E-state index is 0.113. The molecule has 0 aromatic carbocycles. The maximum Gasteiger partial charge on any atom is 0.144 e. The number of rotatable bonds is 4. The van der Waals surface area contributed by atoms with Gasteiger partial charge in [0.1, 0.15) is 5.78 Å². The van der Waals surface area contributed by atoms with Crippen molar-refractivity contribution in [1.29, 1.82) is 0 Å². The Morgan fingerprint density at radius 2 is 2.00 bits per heavy atom. The van der Waals surface area contributed by atoms with Crippen molar-refractivity contribution >= 4 is 5.78 Å². The van der Waals surface area contributed by atoms with Gasteiger partial charge in [-0.2, -0.15) is 0 Å². The first-order chi connectivity index (χ1) is 5.54. The Kier molecular flexibility index (Phi) is 2.57. The maximum atomic E-state index is 11.7. The normalized spacial score (nSPS) is 24.7. The van der Waals surface area contributed by atoms with E-state index in [0.717, 1.165) is 19.3 Å². The Balaban J connectivity index is 2.63. The molecule has 1 rings (SSSR count). The molecule has 2 atom stereocenters. The lowest BCUT2D eigenvalue weighted by Crippen LogP contribution is -2.31. The van der Waals surface area contributed by atoms with Gasteiger partial charge in [-0.1, -0.05) is 13.8 Å². The standard InChI is InChI=1S/C10H18O2/c1-4-7(2)9(12)10(5-6-10)8(3)11/h7-8,11H,4-6H2,1-3H3. The molecular formula is C10H18O2. The van der Waals surface area contributed by atoms with Gasteiger partial charge in [0.25, 0.3) is 0 Å². The molecule has 0 aliphatic heterocycles. The van der Waals surface area contributed by atoms with E-state index < -0.39 is 6.10 Å². The van der Waals surface area contributed by atoms with Gasteiger partial charge < -0.3 is 5.11 Å². The summed E-state index contributed by atoms with van der Waals surface area (Å²) in [5.74, 6) is 0.377. The third-order valence-corrected chi connectivity index (χ3v) is 3.14. The monoisotopic (exact) mass is 170 g/mol. The van der Waals surface area contributed by atoms with Crippen molar-refractivity contribution in [2.75, 3.05) is 0 Å². The fourth-order valence-corrected chi connectivity index (χ4v) is 1.68. The number of carbonyl (C=O) groups excluding carboxylic acids is 1. The predicted molar refractivity (Wildman–Crippen MR) is 47.8 cm³/mol. The number of aliphatic hydroxyl groups excluding tert-OH is 1. The van der Waals surface area contributed by atoms with E-state index in [4.69, 9.17) is 0 Å². The Hall–Kier alpha value is -0.370. The number of ketones is 1. The first-order valence-electron chi connectivity index (χ1n) is 4.77. The second-order valence-corrected chi connectivity index (χ2v) is 4.01. The van der Waals surface area contributed by atoms with Crippen LogP contribution in [-0.4, -0.2) is 17.0 Å². The highest BCUT2D eigenvalue weighted by Crippen LogP contribution is 2.51. The van der Waals surface area contributed by atoms with Gasteiger partial charge in [0.05, 0.1) is 11.5 Å². The molecule has 1 N–H and O–H groups in total. The lowest BCUT2D eigenvalue weighted by atomic mass is 9.86. The van der Waals surface area contributed by atoms with Crippen LogP contribution in [0.15, 0.2) is 0 Å². The Morgan fingerprint density at radius 1 is 1.50 bits per heavy atom. The molecule has 0 amide bonds. The fourth-order valence-electron chi connectivity index (χ4n) is 1.68. The van der Waals surface area contributed by atoms with Crippen molar-refractivity contribution in [3.8, 4) is 0 Å². The summed E-state index contributed by atoms with van der Waals surface area (Å²) < 4.78 is 0. The summed E-state index contributed by atoms with van der Waals surface area (Å²) in [4.78, 5) is 11.7. The molecule has 0 heterocycles. The van der Waals surface area contributed by atoms with E-state index in [9.17, 15) is 9.90 Å². The number of hydrogen-bond acceptors (Lipinski definition) is 2. The highest BCUT2D eigenvalue weighted by Gasteiger charge is 2.53. The Morgan fingerprint density at radius 3 is 2.25 bits per heavy atom. The predicted octanol–water partition coefficient (Wildman–Crippen LogP) is 1.76. The summed E-state index contributed by atoms with van der Waals surface area (Å²) in [5.41, 5.74) is -0.352. The quantitative estimate of drug-likeness (QED) is 0.698. The molecule has 1 fully saturated rings. The Labute approximate surface area is 74.0 Å². The molecular weight excluding hydrogens is 152 g/mol. The van der Waals surface area contributed by atoms with E-state index in [1.54, 1.807) is 6.92 Å². The van der Waals surface area contributed by atoms with Gasteiger partial charge in [0, 0.05) is 5.92 Å². The van der Waals surface area contributed by atoms with Crippen molar-refractivity contribution in [2.45, 2.75) is 46.1 Å². The molecule has 1 saturated carbocycles. The van der Waals surface area contributed by atoms with Crippen molar-refractivity contribution < 1.29 is 9.90 Å². The van der Waals surface area contributed by atoms with Crippen LogP contribution in [0.4, 0.5) is 0 Å². The highest BCUT2D eigenvalue weighted by molar-refractivity contribution is 5.89. The van der Waals surface area contributed by atoms with Crippen LogP contribution in [0.5, 0.6) is 0 Å². The fraction of sp³-hybridized carbons (Fsp3) is 0.900. The van der Waals surface area contributed by atoms with E-state index in [2.05, 4.69) is 0 Å². The van der Waals surface area contributed by atoms with Gasteiger partial charge in [-0.3, -0.25) is 4.79 Å². The molecule has 12 heavy (non-hydrogen) atoms. The second kappa shape index (κ2) is 3.17. The van der Waals surface area contributed by atoms with Crippen LogP contribution in [0.1, 0.15) is 40.0 Å². The zero-order chi connectivity index (χ0) is 9.35. The van der Waals surface area contributed by atoms with E-state index >= 15 is 0 Å². The average molecular weight is 170 g/mol. The third kappa shape index (κ3) is 1.40. The minimum Gasteiger partial charge on any atom is -0.392 e. The van der Waals surface area contributed by atoms with Crippen molar-refractivity contribution in [2.24, 2.45) is 11.3 Å². The number of Topliss-reactive ketones (excluding diaryl/α,β-unsaturated/α-hetero) is 1. The van der Waals surface area contributed by atoms with Crippen LogP contribution in [0.2, 0.25) is 0 Å². The summed E-state index contributed by atoms with van der Waals surface area (Å²) in [6.07, 6.45) is 2.19. The zero-order valence-electron chi connectivity index (χ0n) is 8.13. The zero-order valence-corrected chi connectivity index (χ0v) is 8.13. The van der Waals surface area contributed by atoms with Gasteiger partial charge >= 0.3 is 0 Å². The molecule has 2 unspecified atom stereocenters. The molecule has 1 aliphatic rings. The van der Waals surface area contributed by atoms with Crippen LogP contribution in [0, 0.1) is 11.3 Å². The average Bonchev–Trinajstić information content (AvgIpc) is 2.81. The molecule has 0 aromatic rings. The topological polar surface area (TPSA) is 37.3 Å². The lowest BCUT2D eigenvalue weighted by molar-refractivity contribution is -0.131. The molecule has 2 nitrogen and oxygen atoms in total. The summed E-state index contributed by atoms with van der Waals surface area (Å²) in [6.45, 7) is 5.69. The Bertz CT molecular complexity index is 180. The van der Waals surface area contributed by atoms with Crippen LogP contribution < -0.4 is 0 Å². The molecule has 0 bridgehead atoms. The van der Waals surface area contributed by atoms with Gasteiger partial charge in [-0.05, 0) is 26.2 Å². The van der Waals surface area contributed by atoms with Crippen LogP contribution in [0.3, 0.4) is 0 Å². The SMILES string of the molecule is CCC(C)C(=O)C1(C(C)O)CC1. The van der Waals surface area contributed by atoms with E-state index in [1.807, 2.05) is 13.8 Å². The number of hydrogen-bond donors (Lipinski definition) is 1. The summed E-state index contributed by atoms with van der Waals surface area (Å²) in [6, 6.07) is 0. The molecule has 0 saturated heterocycles. The van der Waals surface area contributed by atoms with Gasteiger partial charge in [0.2, 0.25) is 0 Å². The molecule has 0 spiro atoms. The summed E-state index contributed by atoms with van der Waals surface area (Å²) >= 11 is 0. The van der Waals surface area contributed by atoms with Crippen LogP contribution in [0.25, 0.3) is 0 Å². The van der Waals surface area contributed by atoms with Crippen LogP contribution in [-0.2, 0) is 4.79 Å². The van der Waals surface area contributed by atoms with E-state index in [-0.39, 0.29) is 17.1 Å². The van der Waals surface area contributed by atoms with Gasteiger partial charge in [-0.15, -0.1) is 0 Å². The molecule has 0 radical (unpaired) electrons. The first-order valence-corrected chi connectivity index (χ1v) is 4.77. The highest BCUT2D eigenvalue weighted by atomic mass is 16.3. The third-order valence-electron chi connectivity index (χ3n) is 3.14. The van der Waals surface area contributed by atoms with Crippen molar-refractivity contribution in [3.63, 3.8) is 0 Å². The number of aliphatic hydroxyl groups is 1.